The molecule has 0 bridgehead atoms. The number of hydrogen-bond acceptors (Lipinski definition) is 3. The van der Waals surface area contributed by atoms with E-state index in [0.717, 1.165) is 0 Å². The molecule has 4 N–H and O–H groups in total. The van der Waals surface area contributed by atoms with Crippen LogP contribution in [0.4, 0.5) is 0 Å². The lowest BCUT2D eigenvalue weighted by Crippen LogP contribution is -2.10. The third-order valence-corrected chi connectivity index (χ3v) is 1.44. The molecule has 12 heavy (non-hydrogen) atoms. The van der Waals surface area contributed by atoms with E-state index in [1.807, 2.05) is 0 Å². The van der Waals surface area contributed by atoms with Gasteiger partial charge in [0.15, 0.2) is 0 Å². The number of rotatable bonds is 2. The smallest absolute Gasteiger partial charge is 0.123 e. The van der Waals surface area contributed by atoms with E-state index in [-0.39, 0.29) is 11.6 Å². The van der Waals surface area contributed by atoms with Gasteiger partial charge in [-0.05, 0) is 12.1 Å². The molecule has 1 aromatic carbocycles. The minimum Gasteiger partial charge on any atom is -0.508 e. The monoisotopic (exact) mass is 166 g/mol. The summed E-state index contributed by atoms with van der Waals surface area (Å²) in [5, 5.41) is 16.3. The maximum Gasteiger partial charge on any atom is 0.123 e. The number of nitrogens with one attached hydrogen (secondary N) is 1. The van der Waals surface area contributed by atoms with Crippen LogP contribution >= 0.6 is 0 Å². The Hall–Kier alpha value is -1.71. The predicted molar refractivity (Wildman–Crippen MR) is 45.7 cm³/mol. The fraction of sp³-hybridized carbons (Fsp3) is 0.125. The number of amidine groups is 1. The van der Waals surface area contributed by atoms with Gasteiger partial charge in [-0.2, -0.15) is 0 Å². The summed E-state index contributed by atoms with van der Waals surface area (Å²) >= 11 is 0. The molecule has 1 rings (SSSR count). The fourth-order valence-corrected chi connectivity index (χ4v) is 0.857. The van der Waals surface area contributed by atoms with Crippen LogP contribution < -0.4 is 10.5 Å². The van der Waals surface area contributed by atoms with Gasteiger partial charge in [0, 0.05) is 11.6 Å². The highest BCUT2D eigenvalue weighted by molar-refractivity contribution is 5.95. The normalized spacial score (nSPS) is 9.42. The maximum atomic E-state index is 9.14. The summed E-state index contributed by atoms with van der Waals surface area (Å²) in [4.78, 5) is 0. The van der Waals surface area contributed by atoms with Gasteiger partial charge < -0.3 is 15.6 Å². The lowest BCUT2D eigenvalue weighted by Gasteiger charge is -2.03. The molecule has 0 fully saturated rings. The number of hydrogen-bond donors (Lipinski definition) is 3. The van der Waals surface area contributed by atoms with E-state index >= 15 is 0 Å². The lowest BCUT2D eigenvalue weighted by molar-refractivity contribution is 0.407. The third kappa shape index (κ3) is 1.66. The van der Waals surface area contributed by atoms with Crippen LogP contribution in [0, 0.1) is 5.41 Å². The zero-order valence-corrected chi connectivity index (χ0v) is 6.66. The quantitative estimate of drug-likeness (QED) is 0.446. The van der Waals surface area contributed by atoms with Crippen LogP contribution in [0.5, 0.6) is 11.5 Å². The second-order valence-electron chi connectivity index (χ2n) is 2.33. The van der Waals surface area contributed by atoms with E-state index in [1.54, 1.807) is 6.07 Å². The molecule has 0 saturated heterocycles. The SMILES string of the molecule is COc1cc(O)cc(C(=N)N)c1. The highest BCUT2D eigenvalue weighted by Crippen LogP contribution is 2.20. The van der Waals surface area contributed by atoms with Crippen molar-refractivity contribution in [3.8, 4) is 11.5 Å². The van der Waals surface area contributed by atoms with E-state index in [2.05, 4.69) is 0 Å². The Bertz CT molecular complexity index is 310. The number of phenolic OH excluding ortho intramolecular Hbond substituents is 1. The highest BCUT2D eigenvalue weighted by Gasteiger charge is 2.01. The van der Waals surface area contributed by atoms with Crippen LogP contribution in [0.2, 0.25) is 0 Å². The maximum absolute atomic E-state index is 9.14. The predicted octanol–water partition coefficient (Wildman–Crippen LogP) is 0.685. The number of nitrogen functional groups attached to an aromatic ring is 1. The van der Waals surface area contributed by atoms with Crippen molar-refractivity contribution < 1.29 is 9.84 Å². The van der Waals surface area contributed by atoms with E-state index in [4.69, 9.17) is 21.0 Å². The van der Waals surface area contributed by atoms with Crippen LogP contribution in [-0.4, -0.2) is 18.1 Å². The Kier molecular flexibility index (Phi) is 2.19. The van der Waals surface area contributed by atoms with Crippen molar-refractivity contribution in [3.05, 3.63) is 23.8 Å². The van der Waals surface area contributed by atoms with Gasteiger partial charge in [-0.1, -0.05) is 0 Å². The number of benzene rings is 1. The molecule has 1 aromatic rings. The molecule has 0 unspecified atom stereocenters. The molecule has 0 atom stereocenters. The fourth-order valence-electron chi connectivity index (χ4n) is 0.857. The Morgan fingerprint density at radius 2 is 2.17 bits per heavy atom. The number of methoxy groups -OCH3 is 1. The van der Waals surface area contributed by atoms with Crippen molar-refractivity contribution in [2.75, 3.05) is 7.11 Å². The number of nitrogens with two attached hydrogens (primary N) is 1. The average Bonchev–Trinajstić information content (AvgIpc) is 2.03. The molecule has 4 nitrogen and oxygen atoms in total. The van der Waals surface area contributed by atoms with E-state index in [1.165, 1.54) is 19.2 Å². The molecule has 0 aliphatic rings. The molecule has 0 aliphatic carbocycles. The summed E-state index contributed by atoms with van der Waals surface area (Å²) in [6, 6.07) is 4.44. The summed E-state index contributed by atoms with van der Waals surface area (Å²) in [6.07, 6.45) is 0. The topological polar surface area (TPSA) is 79.3 Å². The third-order valence-electron chi connectivity index (χ3n) is 1.44. The first-order valence-electron chi connectivity index (χ1n) is 3.36. The van der Waals surface area contributed by atoms with Crippen molar-refractivity contribution in [2.45, 2.75) is 0 Å². The average molecular weight is 166 g/mol. The van der Waals surface area contributed by atoms with Gasteiger partial charge in [0.1, 0.15) is 17.3 Å². The van der Waals surface area contributed by atoms with Gasteiger partial charge in [0.25, 0.3) is 0 Å². The van der Waals surface area contributed by atoms with Crippen molar-refractivity contribution in [1.82, 2.24) is 0 Å². The molecular formula is C8H10N2O2. The van der Waals surface area contributed by atoms with Crippen molar-refractivity contribution in [1.29, 1.82) is 5.41 Å². The van der Waals surface area contributed by atoms with Gasteiger partial charge in [-0.25, -0.2) is 0 Å². The van der Waals surface area contributed by atoms with Crippen molar-refractivity contribution >= 4 is 5.84 Å². The van der Waals surface area contributed by atoms with E-state index in [9.17, 15) is 0 Å². The summed E-state index contributed by atoms with van der Waals surface area (Å²) in [6.45, 7) is 0. The molecule has 0 radical (unpaired) electrons. The van der Waals surface area contributed by atoms with Gasteiger partial charge in [-0.3, -0.25) is 5.41 Å². The van der Waals surface area contributed by atoms with Crippen molar-refractivity contribution in [3.63, 3.8) is 0 Å². The second kappa shape index (κ2) is 3.13. The molecule has 0 aliphatic heterocycles. The summed E-state index contributed by atoms with van der Waals surface area (Å²) < 4.78 is 4.87. The van der Waals surface area contributed by atoms with Crippen LogP contribution in [0.3, 0.4) is 0 Å². The number of aromatic hydroxyl groups is 1. The first-order valence-corrected chi connectivity index (χ1v) is 3.36. The molecule has 0 spiro atoms. The van der Waals surface area contributed by atoms with Gasteiger partial charge >= 0.3 is 0 Å². The van der Waals surface area contributed by atoms with Gasteiger partial charge in [-0.15, -0.1) is 0 Å². The Balaban J connectivity index is 3.15. The molecule has 4 heteroatoms. The standard InChI is InChI=1S/C8H10N2O2/c1-12-7-3-5(8(9)10)2-6(11)4-7/h2-4,11H,1H3,(H3,9,10). The van der Waals surface area contributed by atoms with Crippen LogP contribution in [-0.2, 0) is 0 Å². The Morgan fingerprint density at radius 3 is 2.67 bits per heavy atom. The molecule has 0 aromatic heterocycles. The van der Waals surface area contributed by atoms with Crippen LogP contribution in [0.25, 0.3) is 0 Å². The molecule has 0 amide bonds. The summed E-state index contributed by atoms with van der Waals surface area (Å²) in [5.41, 5.74) is 5.67. The molecular weight excluding hydrogens is 156 g/mol. The van der Waals surface area contributed by atoms with Gasteiger partial charge in [0.05, 0.1) is 7.11 Å². The van der Waals surface area contributed by atoms with E-state index < -0.39 is 0 Å². The van der Waals surface area contributed by atoms with Gasteiger partial charge in [0.2, 0.25) is 0 Å². The molecule has 0 saturated carbocycles. The van der Waals surface area contributed by atoms with Crippen LogP contribution in [0.1, 0.15) is 5.56 Å². The first-order chi connectivity index (χ1) is 5.63. The molecule has 0 heterocycles. The largest absolute Gasteiger partial charge is 0.508 e. The summed E-state index contributed by atoms with van der Waals surface area (Å²) in [7, 11) is 1.48. The lowest BCUT2D eigenvalue weighted by atomic mass is 10.2. The minimum absolute atomic E-state index is 0.0413. The second-order valence-corrected chi connectivity index (χ2v) is 2.33. The first kappa shape index (κ1) is 8.39. The Labute approximate surface area is 70.1 Å². The zero-order valence-electron chi connectivity index (χ0n) is 6.66. The number of phenols is 1. The zero-order chi connectivity index (χ0) is 9.14. The number of ether oxygens (including phenoxy) is 1. The Morgan fingerprint density at radius 1 is 1.50 bits per heavy atom. The van der Waals surface area contributed by atoms with Crippen molar-refractivity contribution in [2.24, 2.45) is 5.73 Å². The van der Waals surface area contributed by atoms with Crippen LogP contribution in [0.15, 0.2) is 18.2 Å². The molecule has 64 valence electrons. The highest BCUT2D eigenvalue weighted by atomic mass is 16.5. The minimum atomic E-state index is -0.0933. The summed E-state index contributed by atoms with van der Waals surface area (Å²) in [5.74, 6) is 0.434. The van der Waals surface area contributed by atoms with E-state index in [0.29, 0.717) is 11.3 Å².